The first kappa shape index (κ1) is 25.0. The molecule has 0 aromatic heterocycles. The molecule has 9 nitrogen and oxygen atoms in total. The molecule has 0 radical (unpaired) electrons. The van der Waals surface area contributed by atoms with E-state index in [1.807, 2.05) is 44.2 Å². The van der Waals surface area contributed by atoms with Crippen molar-refractivity contribution in [3.63, 3.8) is 0 Å². The van der Waals surface area contributed by atoms with E-state index in [1.54, 1.807) is 29.7 Å². The van der Waals surface area contributed by atoms with E-state index in [-0.39, 0.29) is 18.5 Å². The molecule has 1 heterocycles. The number of amides is 4. The van der Waals surface area contributed by atoms with Crippen LogP contribution in [0.1, 0.15) is 33.1 Å². The summed E-state index contributed by atoms with van der Waals surface area (Å²) in [7, 11) is 0. The Morgan fingerprint density at radius 1 is 1.12 bits per heavy atom. The van der Waals surface area contributed by atoms with Gasteiger partial charge >= 0.3 is 6.03 Å². The second-order valence-corrected chi connectivity index (χ2v) is 8.71. The highest BCUT2D eigenvalue weighted by molar-refractivity contribution is 5.97. The maximum Gasteiger partial charge on any atom is 0.321 e. The highest BCUT2D eigenvalue weighted by atomic mass is 16.5. The first-order valence-corrected chi connectivity index (χ1v) is 11.5. The predicted octanol–water partition coefficient (Wildman–Crippen LogP) is 3.86. The Hall–Kier alpha value is -3.59. The summed E-state index contributed by atoms with van der Waals surface area (Å²) in [6.45, 7) is 4.55. The number of hydrogen-bond donors (Lipinski definition) is 3. The maximum absolute atomic E-state index is 13.2. The molecule has 1 fully saturated rings. The fraction of sp³-hybridized carbons (Fsp3) is 0.400. The number of carbonyl (C=O) groups excluding carboxylic acids is 3. The van der Waals surface area contributed by atoms with E-state index in [0.717, 1.165) is 0 Å². The molecule has 1 atom stereocenters. The zero-order valence-corrected chi connectivity index (χ0v) is 19.6. The van der Waals surface area contributed by atoms with Crippen LogP contribution in [-0.2, 0) is 9.59 Å². The Bertz CT molecular complexity index is 982. The summed E-state index contributed by atoms with van der Waals surface area (Å²) in [5.74, 6) is 0.631. The van der Waals surface area contributed by atoms with Crippen LogP contribution >= 0.6 is 0 Å². The number of nitrogens with one attached hydrogen (secondary N) is 2. The van der Waals surface area contributed by atoms with E-state index in [9.17, 15) is 14.4 Å². The van der Waals surface area contributed by atoms with E-state index in [4.69, 9.17) is 9.94 Å². The van der Waals surface area contributed by atoms with Crippen molar-refractivity contribution in [3.05, 3.63) is 54.6 Å². The van der Waals surface area contributed by atoms with Crippen molar-refractivity contribution in [2.45, 2.75) is 39.2 Å². The molecule has 0 spiro atoms. The number of urea groups is 1. The third kappa shape index (κ3) is 6.95. The molecule has 1 aliphatic heterocycles. The molecule has 2 aromatic carbocycles. The molecule has 0 saturated carbocycles. The van der Waals surface area contributed by atoms with Crippen LogP contribution < -0.4 is 15.5 Å². The average Bonchev–Trinajstić information content (AvgIpc) is 3.32. The van der Waals surface area contributed by atoms with Crippen molar-refractivity contribution in [2.24, 2.45) is 5.92 Å². The smallest absolute Gasteiger partial charge is 0.321 e. The minimum absolute atomic E-state index is 0.272. The Balaban J connectivity index is 1.67. The van der Waals surface area contributed by atoms with Crippen molar-refractivity contribution in [1.29, 1.82) is 0 Å². The molecule has 2 aromatic rings. The summed E-state index contributed by atoms with van der Waals surface area (Å²) < 4.78 is 5.83. The molecular formula is C25H32N4O5. The van der Waals surface area contributed by atoms with Gasteiger partial charge in [0.25, 0.3) is 5.91 Å². The Morgan fingerprint density at radius 3 is 2.56 bits per heavy atom. The van der Waals surface area contributed by atoms with Crippen LogP contribution in [0.15, 0.2) is 54.6 Å². The zero-order valence-electron chi connectivity index (χ0n) is 19.6. The second kappa shape index (κ2) is 12.0. The van der Waals surface area contributed by atoms with Gasteiger partial charge in [0.15, 0.2) is 0 Å². The third-order valence-electron chi connectivity index (χ3n) is 5.59. The summed E-state index contributed by atoms with van der Waals surface area (Å²) >= 11 is 0. The topological polar surface area (TPSA) is 111 Å². The first-order chi connectivity index (χ1) is 16.4. The molecular weight excluding hydrogens is 436 g/mol. The number of benzene rings is 2. The van der Waals surface area contributed by atoms with Crippen LogP contribution in [0.5, 0.6) is 11.5 Å². The summed E-state index contributed by atoms with van der Waals surface area (Å²) in [6, 6.07) is 15.4. The average molecular weight is 469 g/mol. The number of anilines is 1. The molecule has 9 heteroatoms. The van der Waals surface area contributed by atoms with Crippen LogP contribution in [0.3, 0.4) is 0 Å². The van der Waals surface area contributed by atoms with Gasteiger partial charge in [-0.1, -0.05) is 38.1 Å². The van der Waals surface area contributed by atoms with Gasteiger partial charge in [-0.25, -0.2) is 10.3 Å². The van der Waals surface area contributed by atoms with Crippen molar-refractivity contribution in [2.75, 3.05) is 25.0 Å². The van der Waals surface area contributed by atoms with Gasteiger partial charge in [0.05, 0.1) is 0 Å². The van der Waals surface area contributed by atoms with Gasteiger partial charge in [-0.15, -0.1) is 0 Å². The summed E-state index contributed by atoms with van der Waals surface area (Å²) in [5, 5.41) is 11.8. The number of carbonyl (C=O) groups is 3. The third-order valence-corrected chi connectivity index (χ3v) is 5.59. The van der Waals surface area contributed by atoms with Crippen molar-refractivity contribution < 1.29 is 24.3 Å². The number of ether oxygens (including phenoxy) is 1. The van der Waals surface area contributed by atoms with Gasteiger partial charge in [-0.05, 0) is 49.4 Å². The van der Waals surface area contributed by atoms with Crippen LogP contribution in [-0.4, -0.2) is 58.5 Å². The van der Waals surface area contributed by atoms with E-state index in [0.29, 0.717) is 55.5 Å². The molecule has 3 rings (SSSR count). The normalized spacial score (nSPS) is 15.2. The molecule has 1 saturated heterocycles. The minimum atomic E-state index is -0.674. The lowest BCUT2D eigenvalue weighted by molar-refractivity contribution is -0.129. The van der Waals surface area contributed by atoms with Crippen LogP contribution in [0, 0.1) is 5.92 Å². The Labute approximate surface area is 199 Å². The molecule has 0 bridgehead atoms. The zero-order chi connectivity index (χ0) is 24.5. The monoisotopic (exact) mass is 468 g/mol. The standard InChI is InChI=1S/C25H32N4O5/c1-18(2)13-15-28(17-23(30)27-33)25(32)29-14-7-12-22(29)24(31)26-19-8-6-11-21(16-19)34-20-9-4-3-5-10-20/h3-6,8-11,16,18,22,33H,7,12-15,17H2,1-2H3,(H,26,31)(H,27,30). The van der Waals surface area contributed by atoms with Crippen molar-refractivity contribution in [1.82, 2.24) is 15.3 Å². The lowest BCUT2D eigenvalue weighted by Crippen LogP contribution is -2.51. The fourth-order valence-electron chi connectivity index (χ4n) is 3.80. The summed E-state index contributed by atoms with van der Waals surface area (Å²) in [4.78, 5) is 40.9. The predicted molar refractivity (Wildman–Crippen MR) is 128 cm³/mol. The molecule has 182 valence electrons. The van der Waals surface area contributed by atoms with E-state index >= 15 is 0 Å². The van der Waals surface area contributed by atoms with Gasteiger partial charge in [-0.2, -0.15) is 0 Å². The number of hydrogen-bond acceptors (Lipinski definition) is 5. The van der Waals surface area contributed by atoms with Crippen LogP contribution in [0.2, 0.25) is 0 Å². The fourth-order valence-corrected chi connectivity index (χ4v) is 3.80. The number of nitrogens with zero attached hydrogens (tertiary/aromatic N) is 2. The molecule has 3 N–H and O–H groups in total. The molecule has 4 amide bonds. The van der Waals surface area contributed by atoms with Crippen molar-refractivity contribution >= 4 is 23.5 Å². The molecule has 0 aliphatic carbocycles. The SMILES string of the molecule is CC(C)CCN(CC(=O)NO)C(=O)N1CCCC1C(=O)Nc1cccc(Oc2ccccc2)c1. The minimum Gasteiger partial charge on any atom is -0.457 e. The van der Waals surface area contributed by atoms with Crippen LogP contribution in [0.25, 0.3) is 0 Å². The van der Waals surface area contributed by atoms with Crippen molar-refractivity contribution in [3.8, 4) is 11.5 Å². The second-order valence-electron chi connectivity index (χ2n) is 8.71. The Morgan fingerprint density at radius 2 is 1.85 bits per heavy atom. The number of rotatable bonds is 9. The number of hydroxylamine groups is 1. The van der Waals surface area contributed by atoms with Gasteiger partial charge in [0.2, 0.25) is 5.91 Å². The highest BCUT2D eigenvalue weighted by Gasteiger charge is 2.36. The molecule has 1 unspecified atom stereocenters. The van der Waals surface area contributed by atoms with E-state index < -0.39 is 11.9 Å². The first-order valence-electron chi connectivity index (χ1n) is 11.5. The molecule has 34 heavy (non-hydrogen) atoms. The maximum atomic E-state index is 13.2. The quantitative estimate of drug-likeness (QED) is 0.382. The largest absolute Gasteiger partial charge is 0.457 e. The van der Waals surface area contributed by atoms with Crippen LogP contribution in [0.4, 0.5) is 10.5 Å². The van der Waals surface area contributed by atoms with Gasteiger partial charge in [0.1, 0.15) is 24.1 Å². The number of para-hydroxylation sites is 1. The van der Waals surface area contributed by atoms with Gasteiger partial charge < -0.3 is 19.9 Å². The summed E-state index contributed by atoms with van der Waals surface area (Å²) in [6.07, 6.45) is 1.91. The number of likely N-dealkylation sites (tertiary alicyclic amines) is 1. The van der Waals surface area contributed by atoms with E-state index in [1.165, 1.54) is 9.80 Å². The Kier molecular flexibility index (Phi) is 8.86. The van der Waals surface area contributed by atoms with Gasteiger partial charge in [-0.3, -0.25) is 14.8 Å². The lowest BCUT2D eigenvalue weighted by Gasteiger charge is -2.31. The van der Waals surface area contributed by atoms with Gasteiger partial charge in [0, 0.05) is 24.8 Å². The summed E-state index contributed by atoms with van der Waals surface area (Å²) in [5.41, 5.74) is 2.14. The lowest BCUT2D eigenvalue weighted by atomic mass is 10.1. The highest BCUT2D eigenvalue weighted by Crippen LogP contribution is 2.25. The van der Waals surface area contributed by atoms with E-state index in [2.05, 4.69) is 5.32 Å². The molecule has 1 aliphatic rings.